The molecule has 0 heterocycles. The van der Waals surface area contributed by atoms with Crippen LogP contribution >= 0.6 is 0 Å². The largest absolute Gasteiger partial charge is 0.326 e. The molecule has 6 rings (SSSR count). The highest BCUT2D eigenvalue weighted by Gasteiger charge is 2.51. The lowest BCUT2D eigenvalue weighted by atomic mass is 9.51. The normalized spacial score (nSPS) is 29.9. The molecule has 4 aliphatic rings. The zero-order valence-corrected chi connectivity index (χ0v) is 15.9. The quantitative estimate of drug-likeness (QED) is 0.757. The number of benzene rings is 2. The molecular weight excluding hydrogens is 330 g/mol. The van der Waals surface area contributed by atoms with Crippen LogP contribution in [0.1, 0.15) is 40.5 Å². The Morgan fingerprint density at radius 3 is 2.48 bits per heavy atom. The Morgan fingerprint density at radius 2 is 1.70 bits per heavy atom. The minimum absolute atomic E-state index is 0.0306. The van der Waals surface area contributed by atoms with E-state index in [9.17, 15) is 4.79 Å². The molecule has 136 valence electrons. The lowest BCUT2D eigenvalue weighted by molar-refractivity contribution is -0.122. The Kier molecular flexibility index (Phi) is 3.82. The number of rotatable bonds is 2. The lowest BCUT2D eigenvalue weighted by Gasteiger charge is -2.52. The molecule has 4 aliphatic carbocycles. The van der Waals surface area contributed by atoms with Gasteiger partial charge in [-0.15, -0.1) is 0 Å². The maximum absolute atomic E-state index is 13.3. The van der Waals surface area contributed by atoms with Crippen molar-refractivity contribution in [2.45, 2.75) is 32.1 Å². The van der Waals surface area contributed by atoms with Crippen molar-refractivity contribution in [3.63, 3.8) is 0 Å². The van der Waals surface area contributed by atoms with Gasteiger partial charge in [-0.2, -0.15) is 0 Å². The van der Waals surface area contributed by atoms with Crippen molar-refractivity contribution in [3.05, 3.63) is 89.0 Å². The average molecular weight is 355 g/mol. The van der Waals surface area contributed by atoms with Crippen molar-refractivity contribution >= 4 is 11.6 Å². The van der Waals surface area contributed by atoms with Gasteiger partial charge in [-0.3, -0.25) is 4.79 Å². The molecule has 2 nitrogen and oxygen atoms in total. The number of nitrogens with one attached hydrogen (secondary N) is 1. The van der Waals surface area contributed by atoms with Crippen LogP contribution in [-0.4, -0.2) is 5.91 Å². The summed E-state index contributed by atoms with van der Waals surface area (Å²) in [7, 11) is 0. The second kappa shape index (κ2) is 6.23. The first kappa shape index (κ1) is 16.6. The molecule has 1 fully saturated rings. The fraction of sp³-hybridized carbons (Fsp3) is 0.320. The van der Waals surface area contributed by atoms with Gasteiger partial charge in [-0.1, -0.05) is 66.3 Å². The SMILES string of the molecule is Cc1ccc(NC(=O)[C@@H]2C[C@H]3c4ccccc4[C@H]2[C@H]2C=CC=C[C@H]23)c(C)c1. The number of amides is 1. The summed E-state index contributed by atoms with van der Waals surface area (Å²) in [5, 5.41) is 3.24. The van der Waals surface area contributed by atoms with E-state index in [1.807, 2.05) is 6.07 Å². The van der Waals surface area contributed by atoms with E-state index in [4.69, 9.17) is 0 Å². The van der Waals surface area contributed by atoms with Crippen LogP contribution in [0, 0.1) is 31.6 Å². The molecule has 1 N–H and O–H groups in total. The van der Waals surface area contributed by atoms with E-state index in [0.29, 0.717) is 17.8 Å². The van der Waals surface area contributed by atoms with Crippen molar-refractivity contribution in [1.82, 2.24) is 0 Å². The van der Waals surface area contributed by atoms with Crippen molar-refractivity contribution in [2.75, 3.05) is 5.32 Å². The van der Waals surface area contributed by atoms with Crippen LogP contribution in [0.2, 0.25) is 0 Å². The predicted molar refractivity (Wildman–Crippen MR) is 110 cm³/mol. The first-order chi connectivity index (χ1) is 13.1. The standard InChI is InChI=1S/C25H25NO/c1-15-11-12-23(16(2)13-15)26-25(27)22-14-21-17-7-3-5-9-19(17)24(22)20-10-6-4-8-18(20)21/h3-13,17,19,21-22,24H,14H2,1-2H3,(H,26,27)/t17-,19+,21-,22-,24-/m1/s1. The summed E-state index contributed by atoms with van der Waals surface area (Å²) in [6.45, 7) is 4.15. The number of aryl methyl sites for hydroxylation is 2. The predicted octanol–water partition coefficient (Wildman–Crippen LogP) is 5.50. The van der Waals surface area contributed by atoms with Gasteiger partial charge in [0.05, 0.1) is 0 Å². The fourth-order valence-electron chi connectivity index (χ4n) is 5.61. The number of allylic oxidation sites excluding steroid dienone is 4. The molecule has 0 radical (unpaired) electrons. The molecule has 1 saturated carbocycles. The van der Waals surface area contributed by atoms with E-state index in [2.05, 4.69) is 79.9 Å². The lowest BCUT2D eigenvalue weighted by Crippen LogP contribution is -2.46. The summed E-state index contributed by atoms with van der Waals surface area (Å²) in [4.78, 5) is 13.3. The molecule has 2 bridgehead atoms. The number of hydrogen-bond acceptors (Lipinski definition) is 1. The highest BCUT2D eigenvalue weighted by molar-refractivity contribution is 5.94. The van der Waals surface area contributed by atoms with E-state index < -0.39 is 0 Å². The van der Waals surface area contributed by atoms with Crippen molar-refractivity contribution in [2.24, 2.45) is 17.8 Å². The van der Waals surface area contributed by atoms with Crippen LogP contribution in [0.5, 0.6) is 0 Å². The second-order valence-electron chi connectivity index (χ2n) is 8.34. The maximum Gasteiger partial charge on any atom is 0.228 e. The molecule has 0 saturated heterocycles. The molecule has 0 aliphatic heterocycles. The summed E-state index contributed by atoms with van der Waals surface area (Å²) in [6.07, 6.45) is 9.96. The summed E-state index contributed by atoms with van der Waals surface area (Å²) >= 11 is 0. The first-order valence-corrected chi connectivity index (χ1v) is 9.95. The maximum atomic E-state index is 13.3. The Balaban J connectivity index is 1.50. The van der Waals surface area contributed by atoms with Gasteiger partial charge in [0.1, 0.15) is 0 Å². The Hall–Kier alpha value is -2.61. The van der Waals surface area contributed by atoms with Crippen LogP contribution in [0.15, 0.2) is 66.8 Å². The minimum atomic E-state index is 0.0306. The van der Waals surface area contributed by atoms with Gasteiger partial charge in [0.2, 0.25) is 5.91 Å². The molecule has 5 atom stereocenters. The van der Waals surface area contributed by atoms with Crippen LogP contribution < -0.4 is 5.32 Å². The molecule has 2 aromatic rings. The molecule has 0 aromatic heterocycles. The van der Waals surface area contributed by atoms with Gasteiger partial charge in [0.15, 0.2) is 0 Å². The van der Waals surface area contributed by atoms with Crippen LogP contribution in [0.3, 0.4) is 0 Å². The molecule has 0 spiro atoms. The van der Waals surface area contributed by atoms with Crippen LogP contribution in [0.25, 0.3) is 0 Å². The van der Waals surface area contributed by atoms with Gasteiger partial charge in [-0.25, -0.2) is 0 Å². The summed E-state index contributed by atoms with van der Waals surface area (Å²) in [5.41, 5.74) is 6.13. The van der Waals surface area contributed by atoms with E-state index in [1.165, 1.54) is 16.7 Å². The molecule has 2 aromatic carbocycles. The van der Waals surface area contributed by atoms with E-state index in [1.54, 1.807) is 0 Å². The Bertz CT molecular complexity index is 970. The average Bonchev–Trinajstić information content (AvgIpc) is 2.70. The fourth-order valence-corrected chi connectivity index (χ4v) is 5.61. The Labute approximate surface area is 161 Å². The molecule has 0 unspecified atom stereocenters. The second-order valence-corrected chi connectivity index (χ2v) is 8.34. The summed E-state index contributed by atoms with van der Waals surface area (Å²) in [6, 6.07) is 15.0. The summed E-state index contributed by atoms with van der Waals surface area (Å²) in [5.74, 6) is 1.87. The third-order valence-corrected chi connectivity index (χ3v) is 6.77. The molecule has 1 amide bonds. The highest BCUT2D eigenvalue weighted by Crippen LogP contribution is 2.59. The highest BCUT2D eigenvalue weighted by atomic mass is 16.1. The monoisotopic (exact) mass is 355 g/mol. The third kappa shape index (κ3) is 2.58. The van der Waals surface area contributed by atoms with Crippen LogP contribution in [-0.2, 0) is 4.79 Å². The minimum Gasteiger partial charge on any atom is -0.326 e. The van der Waals surface area contributed by atoms with Gasteiger partial charge in [-0.05, 0) is 60.8 Å². The van der Waals surface area contributed by atoms with Crippen LogP contribution in [0.4, 0.5) is 5.69 Å². The van der Waals surface area contributed by atoms with E-state index in [0.717, 1.165) is 17.7 Å². The number of carbonyl (C=O) groups excluding carboxylic acids is 1. The van der Waals surface area contributed by atoms with E-state index >= 15 is 0 Å². The molecule has 27 heavy (non-hydrogen) atoms. The molecular formula is C25H25NO. The van der Waals surface area contributed by atoms with Gasteiger partial charge in [0, 0.05) is 17.5 Å². The number of hydrogen-bond donors (Lipinski definition) is 1. The van der Waals surface area contributed by atoms with Gasteiger partial charge >= 0.3 is 0 Å². The van der Waals surface area contributed by atoms with Gasteiger partial charge < -0.3 is 5.32 Å². The van der Waals surface area contributed by atoms with E-state index in [-0.39, 0.29) is 17.7 Å². The summed E-state index contributed by atoms with van der Waals surface area (Å²) < 4.78 is 0. The third-order valence-electron chi connectivity index (χ3n) is 6.77. The topological polar surface area (TPSA) is 29.1 Å². The van der Waals surface area contributed by atoms with Crippen molar-refractivity contribution in [1.29, 1.82) is 0 Å². The molecule has 2 heteroatoms. The number of fused-ring (bicyclic) bond motifs is 1. The van der Waals surface area contributed by atoms with Gasteiger partial charge in [0.25, 0.3) is 0 Å². The Morgan fingerprint density at radius 1 is 0.963 bits per heavy atom. The van der Waals surface area contributed by atoms with Crippen molar-refractivity contribution in [3.8, 4) is 0 Å². The number of anilines is 1. The smallest absolute Gasteiger partial charge is 0.228 e. The number of carbonyl (C=O) groups is 1. The van der Waals surface area contributed by atoms with Crippen molar-refractivity contribution < 1.29 is 4.79 Å². The first-order valence-electron chi connectivity index (χ1n) is 9.95. The zero-order chi connectivity index (χ0) is 18.5. The zero-order valence-electron chi connectivity index (χ0n) is 15.9.